The van der Waals surface area contributed by atoms with Crippen LogP contribution in [0.2, 0.25) is 0 Å². The fraction of sp³-hybridized carbons (Fsp3) is 0.222. The lowest BCUT2D eigenvalue weighted by Crippen LogP contribution is -2.05. The number of hydrogen-bond donors (Lipinski definition) is 0. The quantitative estimate of drug-likeness (QED) is 0.479. The van der Waals surface area contributed by atoms with E-state index in [4.69, 9.17) is 4.74 Å². The van der Waals surface area contributed by atoms with Crippen LogP contribution in [-0.4, -0.2) is 38.9 Å². The summed E-state index contributed by atoms with van der Waals surface area (Å²) >= 11 is 1.32. The van der Waals surface area contributed by atoms with Gasteiger partial charge in [-0.1, -0.05) is 43.0 Å². The Balaban J connectivity index is 1.69. The van der Waals surface area contributed by atoms with Crippen LogP contribution < -0.4 is 4.74 Å². The first-order chi connectivity index (χ1) is 12.2. The van der Waals surface area contributed by atoms with Gasteiger partial charge in [-0.2, -0.15) is 4.68 Å². The fourth-order valence-electron chi connectivity index (χ4n) is 2.29. The molecule has 6 nitrogen and oxygen atoms in total. The van der Waals surface area contributed by atoms with Gasteiger partial charge in [-0.05, 0) is 46.7 Å². The second-order valence-corrected chi connectivity index (χ2v) is 6.28. The van der Waals surface area contributed by atoms with Gasteiger partial charge in [0.15, 0.2) is 5.78 Å². The van der Waals surface area contributed by atoms with Crippen LogP contribution in [0, 0.1) is 0 Å². The number of hydrogen-bond acceptors (Lipinski definition) is 6. The molecule has 3 rings (SSSR count). The zero-order valence-electron chi connectivity index (χ0n) is 14.0. The Bertz CT molecular complexity index is 844. The maximum absolute atomic E-state index is 12.4. The Hall–Kier alpha value is -2.67. The van der Waals surface area contributed by atoms with E-state index in [-0.39, 0.29) is 11.5 Å². The molecule has 0 amide bonds. The first kappa shape index (κ1) is 17.2. The molecule has 0 saturated heterocycles. The summed E-state index contributed by atoms with van der Waals surface area (Å²) in [4.78, 5) is 12.4. The zero-order chi connectivity index (χ0) is 17.6. The van der Waals surface area contributed by atoms with Crippen molar-refractivity contribution in [3.8, 4) is 11.4 Å². The van der Waals surface area contributed by atoms with E-state index in [1.807, 2.05) is 48.5 Å². The van der Waals surface area contributed by atoms with Crippen molar-refractivity contribution in [2.75, 3.05) is 12.9 Å². The van der Waals surface area contributed by atoms with Gasteiger partial charge >= 0.3 is 0 Å². The average Bonchev–Trinajstić information content (AvgIpc) is 3.15. The van der Waals surface area contributed by atoms with Crippen LogP contribution in [0.1, 0.15) is 22.8 Å². The number of ether oxygens (including phenoxy) is 1. The molecule has 7 heteroatoms. The number of carbonyl (C=O) groups excluding carboxylic acids is 1. The second kappa shape index (κ2) is 7.94. The molecule has 0 saturated carbocycles. The minimum Gasteiger partial charge on any atom is -0.497 e. The number of nitrogens with zero attached hydrogens (tertiary/aromatic N) is 4. The lowest BCUT2D eigenvalue weighted by molar-refractivity contribution is 0.102. The second-order valence-electron chi connectivity index (χ2n) is 5.33. The Kier molecular flexibility index (Phi) is 5.45. The SMILES string of the molecule is CCc1ccc(C(=O)CSc2nnnn2-c2ccc(OC)cc2)cc1. The first-order valence-electron chi connectivity index (χ1n) is 7.89. The van der Waals surface area contributed by atoms with E-state index in [0.717, 1.165) is 17.9 Å². The summed E-state index contributed by atoms with van der Waals surface area (Å²) in [6.45, 7) is 2.09. The molecule has 0 atom stereocenters. The van der Waals surface area contributed by atoms with Gasteiger partial charge in [-0.25, -0.2) is 0 Å². The van der Waals surface area contributed by atoms with Gasteiger partial charge in [0, 0.05) is 5.56 Å². The molecule has 3 aromatic rings. The first-order valence-corrected chi connectivity index (χ1v) is 8.87. The number of tetrazole rings is 1. The number of rotatable bonds is 7. The summed E-state index contributed by atoms with van der Waals surface area (Å²) in [6, 6.07) is 15.1. The van der Waals surface area contributed by atoms with Crippen LogP contribution in [0.5, 0.6) is 5.75 Å². The Morgan fingerprint density at radius 3 is 2.48 bits per heavy atom. The van der Waals surface area contributed by atoms with E-state index in [9.17, 15) is 4.79 Å². The minimum absolute atomic E-state index is 0.0527. The highest BCUT2D eigenvalue weighted by Gasteiger charge is 2.13. The molecule has 0 N–H and O–H groups in total. The summed E-state index contributed by atoms with van der Waals surface area (Å²) in [5.41, 5.74) is 2.73. The number of thioether (sulfide) groups is 1. The van der Waals surface area contributed by atoms with Crippen LogP contribution in [0.25, 0.3) is 5.69 Å². The highest BCUT2D eigenvalue weighted by atomic mass is 32.2. The van der Waals surface area contributed by atoms with E-state index >= 15 is 0 Å². The van der Waals surface area contributed by atoms with Crippen LogP contribution in [0.3, 0.4) is 0 Å². The number of aryl methyl sites for hydroxylation is 1. The van der Waals surface area contributed by atoms with Crippen LogP contribution in [-0.2, 0) is 6.42 Å². The van der Waals surface area contributed by atoms with E-state index < -0.39 is 0 Å². The molecule has 25 heavy (non-hydrogen) atoms. The third-order valence-corrected chi connectivity index (χ3v) is 4.69. The normalized spacial score (nSPS) is 10.6. The molecule has 0 unspecified atom stereocenters. The highest BCUT2D eigenvalue weighted by molar-refractivity contribution is 7.99. The van der Waals surface area contributed by atoms with Crippen LogP contribution in [0.15, 0.2) is 53.7 Å². The van der Waals surface area contributed by atoms with E-state index in [2.05, 4.69) is 22.4 Å². The lowest BCUT2D eigenvalue weighted by atomic mass is 10.1. The van der Waals surface area contributed by atoms with E-state index in [1.54, 1.807) is 11.8 Å². The molecular formula is C18H18N4O2S. The highest BCUT2D eigenvalue weighted by Crippen LogP contribution is 2.21. The number of aromatic nitrogens is 4. The van der Waals surface area contributed by atoms with Crippen molar-refractivity contribution in [1.82, 2.24) is 20.2 Å². The van der Waals surface area contributed by atoms with Gasteiger partial charge < -0.3 is 4.74 Å². The number of ketones is 1. The van der Waals surface area contributed by atoms with Crippen molar-refractivity contribution >= 4 is 17.5 Å². The molecule has 0 bridgehead atoms. The summed E-state index contributed by atoms with van der Waals surface area (Å²) in [5, 5.41) is 12.3. The van der Waals surface area contributed by atoms with Gasteiger partial charge in [0.05, 0.1) is 18.6 Å². The number of Topliss-reactive ketones (excluding diaryl/α,β-unsaturated/α-hetero) is 1. The molecule has 0 radical (unpaired) electrons. The number of benzene rings is 2. The van der Waals surface area contributed by atoms with Gasteiger partial charge in [-0.3, -0.25) is 4.79 Å². The van der Waals surface area contributed by atoms with E-state index in [1.165, 1.54) is 17.3 Å². The van der Waals surface area contributed by atoms with Crippen molar-refractivity contribution in [3.05, 3.63) is 59.7 Å². The number of methoxy groups -OCH3 is 1. The average molecular weight is 354 g/mol. The molecule has 0 aliphatic carbocycles. The molecule has 128 valence electrons. The van der Waals surface area contributed by atoms with Gasteiger partial charge in [-0.15, -0.1) is 5.10 Å². The van der Waals surface area contributed by atoms with Crippen LogP contribution in [0.4, 0.5) is 0 Å². The topological polar surface area (TPSA) is 69.9 Å². The third kappa shape index (κ3) is 4.06. The summed E-state index contributed by atoms with van der Waals surface area (Å²) in [5.74, 6) is 1.09. The molecule has 0 fully saturated rings. The molecule has 1 aromatic heterocycles. The molecule has 0 aliphatic heterocycles. The van der Waals surface area contributed by atoms with Crippen molar-refractivity contribution in [3.63, 3.8) is 0 Å². The minimum atomic E-state index is 0.0527. The predicted octanol–water partition coefficient (Wildman–Crippen LogP) is 3.21. The standard InChI is InChI=1S/C18H18N4O2S/c1-3-13-4-6-14(7-5-13)17(23)12-25-18-19-20-21-22(18)15-8-10-16(24-2)11-9-15/h4-11H,3,12H2,1-2H3. The summed E-state index contributed by atoms with van der Waals surface area (Å²) in [6.07, 6.45) is 0.958. The Labute approximate surface area is 150 Å². The molecule has 1 heterocycles. The summed E-state index contributed by atoms with van der Waals surface area (Å²) < 4.78 is 6.76. The Morgan fingerprint density at radius 2 is 1.84 bits per heavy atom. The van der Waals surface area contributed by atoms with Crippen molar-refractivity contribution < 1.29 is 9.53 Å². The van der Waals surface area contributed by atoms with Crippen molar-refractivity contribution in [2.24, 2.45) is 0 Å². The lowest BCUT2D eigenvalue weighted by Gasteiger charge is -2.05. The Morgan fingerprint density at radius 1 is 1.12 bits per heavy atom. The molecule has 0 aliphatic rings. The van der Waals surface area contributed by atoms with Crippen molar-refractivity contribution in [1.29, 1.82) is 0 Å². The molecule has 2 aromatic carbocycles. The van der Waals surface area contributed by atoms with Gasteiger partial charge in [0.1, 0.15) is 5.75 Å². The maximum atomic E-state index is 12.4. The maximum Gasteiger partial charge on any atom is 0.214 e. The zero-order valence-corrected chi connectivity index (χ0v) is 14.9. The molecular weight excluding hydrogens is 336 g/mol. The van der Waals surface area contributed by atoms with E-state index in [0.29, 0.717) is 10.7 Å². The van der Waals surface area contributed by atoms with Crippen LogP contribution >= 0.6 is 11.8 Å². The number of carbonyl (C=O) groups is 1. The van der Waals surface area contributed by atoms with Gasteiger partial charge in [0.2, 0.25) is 5.16 Å². The smallest absolute Gasteiger partial charge is 0.214 e. The predicted molar refractivity (Wildman–Crippen MR) is 96.6 cm³/mol. The largest absolute Gasteiger partial charge is 0.497 e. The fourth-order valence-corrected chi connectivity index (χ4v) is 3.08. The third-order valence-electron chi connectivity index (χ3n) is 3.77. The van der Waals surface area contributed by atoms with Crippen molar-refractivity contribution in [2.45, 2.75) is 18.5 Å². The van der Waals surface area contributed by atoms with Gasteiger partial charge in [0.25, 0.3) is 0 Å². The monoisotopic (exact) mass is 354 g/mol. The molecule has 0 spiro atoms. The summed E-state index contributed by atoms with van der Waals surface area (Å²) in [7, 11) is 1.62.